The number of carbonyl (C=O) groups is 1. The molecular formula is C18H18N2O4. The topological polar surface area (TPSA) is 74.0 Å². The maximum atomic E-state index is 12.4. The number of carbonyl (C=O) groups excluding carboxylic acids is 1. The number of fused-ring (bicyclic) bond motifs is 1. The Kier molecular flexibility index (Phi) is 3.54. The molecule has 2 aromatic rings. The first-order valence-electron chi connectivity index (χ1n) is 7.81. The third-order valence-electron chi connectivity index (χ3n) is 4.38. The zero-order valence-corrected chi connectivity index (χ0v) is 13.3. The Bertz CT molecular complexity index is 792. The summed E-state index contributed by atoms with van der Waals surface area (Å²) in [6, 6.07) is 12.3. The summed E-state index contributed by atoms with van der Waals surface area (Å²) in [6.07, 6.45) is 0. The molecule has 2 N–H and O–H groups in total. The normalized spacial score (nSPS) is 22.1. The monoisotopic (exact) mass is 326 g/mol. The fraction of sp³-hybridized carbons (Fsp3) is 0.278. The van der Waals surface area contributed by atoms with E-state index >= 15 is 0 Å². The van der Waals surface area contributed by atoms with E-state index in [4.69, 9.17) is 19.9 Å². The highest BCUT2D eigenvalue weighted by atomic mass is 16.6. The third-order valence-corrected chi connectivity index (χ3v) is 4.38. The maximum absolute atomic E-state index is 12.4. The second-order valence-electron chi connectivity index (χ2n) is 5.78. The maximum Gasteiger partial charge on any atom is 0.247 e. The van der Waals surface area contributed by atoms with Gasteiger partial charge in [0.1, 0.15) is 25.0 Å². The Balaban J connectivity index is 1.69. The number of β-lactam (4-membered cyclic amide) rings is 1. The van der Waals surface area contributed by atoms with Gasteiger partial charge in [-0.3, -0.25) is 4.79 Å². The Labute approximate surface area is 139 Å². The van der Waals surface area contributed by atoms with Crippen molar-refractivity contribution in [3.63, 3.8) is 0 Å². The van der Waals surface area contributed by atoms with E-state index in [1.165, 1.54) is 0 Å². The molecule has 6 nitrogen and oxygen atoms in total. The van der Waals surface area contributed by atoms with Crippen LogP contribution in [0.3, 0.4) is 0 Å². The van der Waals surface area contributed by atoms with Gasteiger partial charge in [-0.2, -0.15) is 0 Å². The Hall–Kier alpha value is -2.73. The molecule has 2 aliphatic rings. The van der Waals surface area contributed by atoms with Crippen molar-refractivity contribution >= 4 is 11.6 Å². The van der Waals surface area contributed by atoms with E-state index in [0.29, 0.717) is 24.7 Å². The molecule has 2 aliphatic heterocycles. The quantitative estimate of drug-likeness (QED) is 0.872. The number of hydrogen-bond acceptors (Lipinski definition) is 5. The molecule has 0 aliphatic carbocycles. The number of ether oxygens (including phenoxy) is 3. The van der Waals surface area contributed by atoms with E-state index in [-0.39, 0.29) is 11.9 Å². The van der Waals surface area contributed by atoms with Crippen LogP contribution in [-0.4, -0.2) is 32.3 Å². The first-order valence-corrected chi connectivity index (χ1v) is 7.81. The predicted molar refractivity (Wildman–Crippen MR) is 88.6 cm³/mol. The number of nitrogens with zero attached hydrogens (tertiary/aromatic N) is 1. The summed E-state index contributed by atoms with van der Waals surface area (Å²) in [6.45, 7) is 1.04. The average Bonchev–Trinajstić information content (AvgIpc) is 2.64. The number of amides is 1. The smallest absolute Gasteiger partial charge is 0.247 e. The highest BCUT2D eigenvalue weighted by molar-refractivity contribution is 6.05. The van der Waals surface area contributed by atoms with E-state index < -0.39 is 6.04 Å². The van der Waals surface area contributed by atoms with Crippen LogP contribution in [0.2, 0.25) is 0 Å². The summed E-state index contributed by atoms with van der Waals surface area (Å²) in [7, 11) is 1.61. The minimum Gasteiger partial charge on any atom is -0.497 e. The fourth-order valence-corrected chi connectivity index (χ4v) is 3.16. The van der Waals surface area contributed by atoms with Crippen molar-refractivity contribution in [2.75, 3.05) is 25.2 Å². The molecule has 1 saturated heterocycles. The van der Waals surface area contributed by atoms with Gasteiger partial charge in [0.2, 0.25) is 5.91 Å². The Morgan fingerprint density at radius 1 is 1.12 bits per heavy atom. The standard InChI is InChI=1S/C18H18N2O4/c1-22-13-4-2-3-11(9-13)17-16(19)18(21)20(17)12-5-6-14-15(10-12)24-8-7-23-14/h2-6,9-10,16-17H,7-8,19H2,1H3/t16-,17+/m1/s1. The van der Waals surface area contributed by atoms with Gasteiger partial charge in [-0.05, 0) is 29.8 Å². The van der Waals surface area contributed by atoms with Gasteiger partial charge in [0.05, 0.1) is 13.2 Å². The van der Waals surface area contributed by atoms with Crippen LogP contribution >= 0.6 is 0 Å². The predicted octanol–water partition coefficient (Wildman–Crippen LogP) is 1.88. The van der Waals surface area contributed by atoms with E-state index in [1.807, 2.05) is 42.5 Å². The molecule has 0 aromatic heterocycles. The van der Waals surface area contributed by atoms with Crippen LogP contribution in [0.15, 0.2) is 42.5 Å². The summed E-state index contributed by atoms with van der Waals surface area (Å²) in [5.74, 6) is 1.97. The van der Waals surface area contributed by atoms with Gasteiger partial charge in [0, 0.05) is 11.8 Å². The number of anilines is 1. The van der Waals surface area contributed by atoms with Crippen LogP contribution in [-0.2, 0) is 4.79 Å². The summed E-state index contributed by atoms with van der Waals surface area (Å²) >= 11 is 0. The van der Waals surface area contributed by atoms with Crippen LogP contribution in [0, 0.1) is 0 Å². The molecular weight excluding hydrogens is 308 g/mol. The first kappa shape index (κ1) is 14.8. The van der Waals surface area contributed by atoms with E-state index in [0.717, 1.165) is 17.0 Å². The van der Waals surface area contributed by atoms with Gasteiger partial charge in [0.25, 0.3) is 0 Å². The van der Waals surface area contributed by atoms with Crippen molar-refractivity contribution in [1.82, 2.24) is 0 Å². The van der Waals surface area contributed by atoms with Gasteiger partial charge in [-0.15, -0.1) is 0 Å². The minimum absolute atomic E-state index is 0.112. The number of hydrogen-bond donors (Lipinski definition) is 1. The van der Waals surface area contributed by atoms with Crippen molar-refractivity contribution in [1.29, 1.82) is 0 Å². The number of benzene rings is 2. The molecule has 24 heavy (non-hydrogen) atoms. The largest absolute Gasteiger partial charge is 0.497 e. The first-order chi connectivity index (χ1) is 11.7. The van der Waals surface area contributed by atoms with E-state index in [2.05, 4.69) is 0 Å². The number of rotatable bonds is 3. The second-order valence-corrected chi connectivity index (χ2v) is 5.78. The molecule has 2 heterocycles. The van der Waals surface area contributed by atoms with Gasteiger partial charge in [-0.25, -0.2) is 0 Å². The lowest BCUT2D eigenvalue weighted by molar-refractivity contribution is -0.126. The molecule has 2 aromatic carbocycles. The Morgan fingerprint density at radius 3 is 2.71 bits per heavy atom. The van der Waals surface area contributed by atoms with Gasteiger partial charge < -0.3 is 24.8 Å². The van der Waals surface area contributed by atoms with Crippen LogP contribution < -0.4 is 24.8 Å². The zero-order valence-electron chi connectivity index (χ0n) is 13.3. The number of methoxy groups -OCH3 is 1. The molecule has 1 fully saturated rings. The second kappa shape index (κ2) is 5.72. The molecule has 124 valence electrons. The van der Waals surface area contributed by atoms with Crippen LogP contribution in [0.1, 0.15) is 11.6 Å². The zero-order chi connectivity index (χ0) is 16.7. The summed E-state index contributed by atoms with van der Waals surface area (Å²) in [4.78, 5) is 14.1. The highest BCUT2D eigenvalue weighted by Crippen LogP contribution is 2.42. The highest BCUT2D eigenvalue weighted by Gasteiger charge is 2.47. The van der Waals surface area contributed by atoms with Crippen molar-refractivity contribution in [3.05, 3.63) is 48.0 Å². The molecule has 0 bridgehead atoms. The summed E-state index contributed by atoms with van der Waals surface area (Å²) < 4.78 is 16.4. The van der Waals surface area contributed by atoms with Gasteiger partial charge in [-0.1, -0.05) is 12.1 Å². The SMILES string of the molecule is COc1cccc([C@H]2[C@@H](N)C(=O)N2c2ccc3c(c2)OCCO3)c1. The van der Waals surface area contributed by atoms with Crippen LogP contribution in [0.4, 0.5) is 5.69 Å². The van der Waals surface area contributed by atoms with Crippen molar-refractivity contribution in [2.24, 2.45) is 5.73 Å². The molecule has 4 rings (SSSR count). The molecule has 0 spiro atoms. The van der Waals surface area contributed by atoms with Crippen molar-refractivity contribution in [2.45, 2.75) is 12.1 Å². The van der Waals surface area contributed by atoms with E-state index in [1.54, 1.807) is 12.0 Å². The van der Waals surface area contributed by atoms with Crippen LogP contribution in [0.25, 0.3) is 0 Å². The fourth-order valence-electron chi connectivity index (χ4n) is 3.16. The summed E-state index contributed by atoms with van der Waals surface area (Å²) in [5.41, 5.74) is 7.76. The lowest BCUT2D eigenvalue weighted by atomic mass is 9.88. The van der Waals surface area contributed by atoms with E-state index in [9.17, 15) is 4.79 Å². The molecule has 0 unspecified atom stereocenters. The van der Waals surface area contributed by atoms with Gasteiger partial charge >= 0.3 is 0 Å². The lowest BCUT2D eigenvalue weighted by Gasteiger charge is -2.45. The Morgan fingerprint density at radius 2 is 1.92 bits per heavy atom. The molecule has 0 radical (unpaired) electrons. The van der Waals surface area contributed by atoms with Gasteiger partial charge in [0.15, 0.2) is 11.5 Å². The average molecular weight is 326 g/mol. The molecule has 0 saturated carbocycles. The van der Waals surface area contributed by atoms with Crippen LogP contribution in [0.5, 0.6) is 17.2 Å². The summed E-state index contributed by atoms with van der Waals surface area (Å²) in [5, 5.41) is 0. The molecule has 2 atom stereocenters. The molecule has 1 amide bonds. The molecule has 6 heteroatoms. The van der Waals surface area contributed by atoms with Crippen molar-refractivity contribution < 1.29 is 19.0 Å². The minimum atomic E-state index is -0.565. The third kappa shape index (κ3) is 2.27. The lowest BCUT2D eigenvalue weighted by Crippen LogP contribution is -2.63. The number of nitrogens with two attached hydrogens (primary N) is 1. The van der Waals surface area contributed by atoms with Crippen molar-refractivity contribution in [3.8, 4) is 17.2 Å².